The lowest BCUT2D eigenvalue weighted by Crippen LogP contribution is -2.36. The highest BCUT2D eigenvalue weighted by Crippen LogP contribution is 2.32. The van der Waals surface area contributed by atoms with Crippen LogP contribution in [0.15, 0.2) is 21.8 Å². The van der Waals surface area contributed by atoms with E-state index < -0.39 is 10.0 Å². The molecule has 9 heteroatoms. The minimum Gasteiger partial charge on any atom is -0.370 e. The summed E-state index contributed by atoms with van der Waals surface area (Å²) < 4.78 is 40.5. The summed E-state index contributed by atoms with van der Waals surface area (Å²) in [5, 5.41) is 3.71. The molecule has 0 aromatic carbocycles. The van der Waals surface area contributed by atoms with Gasteiger partial charge in [-0.3, -0.25) is 0 Å². The van der Waals surface area contributed by atoms with Gasteiger partial charge in [0.2, 0.25) is 10.0 Å². The Kier molecular flexibility index (Phi) is 4.75. The molecule has 1 aliphatic heterocycles. The van der Waals surface area contributed by atoms with Gasteiger partial charge in [-0.1, -0.05) is 5.16 Å². The van der Waals surface area contributed by atoms with Gasteiger partial charge in [0.1, 0.15) is 22.5 Å². The van der Waals surface area contributed by atoms with E-state index in [9.17, 15) is 8.42 Å². The molecule has 1 N–H and O–H groups in total. The standard InChI is InChI=1S/C15H22N4O4S/c1-10-14(11(2)23-18-10)24(20,21)17-9-12-5-4-8-22-13(12)15-16-6-7-19(15)3/h6-7,12-13,17H,4-5,8-9H2,1-3H3/t12-,13+/m0/s1. The average molecular weight is 354 g/mol. The number of imidazole rings is 1. The first-order chi connectivity index (χ1) is 11.4. The normalized spacial score (nSPS) is 22.0. The average Bonchev–Trinajstić information content (AvgIpc) is 3.11. The van der Waals surface area contributed by atoms with Crippen molar-refractivity contribution in [3.8, 4) is 0 Å². The largest absolute Gasteiger partial charge is 0.370 e. The lowest BCUT2D eigenvalue weighted by molar-refractivity contribution is -0.0328. The number of aryl methyl sites for hydroxylation is 3. The second-order valence-electron chi connectivity index (χ2n) is 6.10. The predicted molar refractivity (Wildman–Crippen MR) is 85.8 cm³/mol. The first-order valence-electron chi connectivity index (χ1n) is 7.91. The number of sulfonamides is 1. The Balaban J connectivity index is 1.76. The molecule has 2 aromatic heterocycles. The van der Waals surface area contributed by atoms with Crippen LogP contribution >= 0.6 is 0 Å². The number of aromatic nitrogens is 3. The highest BCUT2D eigenvalue weighted by molar-refractivity contribution is 7.89. The molecule has 24 heavy (non-hydrogen) atoms. The molecule has 0 spiro atoms. The summed E-state index contributed by atoms with van der Waals surface area (Å²) in [6.07, 6.45) is 5.14. The Morgan fingerprint density at radius 2 is 2.21 bits per heavy atom. The van der Waals surface area contributed by atoms with Crippen molar-refractivity contribution >= 4 is 10.0 Å². The van der Waals surface area contributed by atoms with Crippen LogP contribution in [0.2, 0.25) is 0 Å². The van der Waals surface area contributed by atoms with E-state index in [1.807, 2.05) is 17.8 Å². The van der Waals surface area contributed by atoms with Gasteiger partial charge in [-0.05, 0) is 26.7 Å². The van der Waals surface area contributed by atoms with Crippen molar-refractivity contribution in [1.29, 1.82) is 0 Å². The van der Waals surface area contributed by atoms with Gasteiger partial charge >= 0.3 is 0 Å². The third-order valence-corrected chi connectivity index (χ3v) is 6.00. The zero-order valence-corrected chi connectivity index (χ0v) is 14.8. The maximum atomic E-state index is 12.6. The Morgan fingerprint density at radius 3 is 2.83 bits per heavy atom. The molecular weight excluding hydrogens is 332 g/mol. The second kappa shape index (κ2) is 6.66. The predicted octanol–water partition coefficient (Wildman–Crippen LogP) is 1.47. The van der Waals surface area contributed by atoms with Crippen LogP contribution < -0.4 is 4.72 Å². The molecule has 0 aliphatic carbocycles. The van der Waals surface area contributed by atoms with E-state index in [0.717, 1.165) is 18.7 Å². The first kappa shape index (κ1) is 17.1. The molecule has 2 atom stereocenters. The molecule has 0 unspecified atom stereocenters. The van der Waals surface area contributed by atoms with Crippen LogP contribution in [0.3, 0.4) is 0 Å². The zero-order valence-electron chi connectivity index (χ0n) is 14.0. The Labute approximate surface area is 141 Å². The fraction of sp³-hybridized carbons (Fsp3) is 0.600. The molecule has 3 rings (SSSR count). The molecule has 1 saturated heterocycles. The number of nitrogens with zero attached hydrogens (tertiary/aromatic N) is 3. The highest BCUT2D eigenvalue weighted by atomic mass is 32.2. The van der Waals surface area contributed by atoms with Crippen LogP contribution in [-0.4, -0.2) is 36.3 Å². The highest BCUT2D eigenvalue weighted by Gasteiger charge is 2.32. The van der Waals surface area contributed by atoms with Crippen molar-refractivity contribution in [3.05, 3.63) is 29.7 Å². The Hall–Kier alpha value is -1.71. The summed E-state index contributed by atoms with van der Waals surface area (Å²) >= 11 is 0. The summed E-state index contributed by atoms with van der Waals surface area (Å²) in [6, 6.07) is 0. The van der Waals surface area contributed by atoms with Gasteiger partial charge in [0.05, 0.1) is 0 Å². The fourth-order valence-corrected chi connectivity index (χ4v) is 4.56. The van der Waals surface area contributed by atoms with Crippen LogP contribution in [0.25, 0.3) is 0 Å². The molecule has 1 aliphatic rings. The number of nitrogens with one attached hydrogen (secondary N) is 1. The van der Waals surface area contributed by atoms with E-state index in [0.29, 0.717) is 18.1 Å². The van der Waals surface area contributed by atoms with Gasteiger partial charge in [-0.2, -0.15) is 0 Å². The molecule has 0 saturated carbocycles. The maximum Gasteiger partial charge on any atom is 0.245 e. The summed E-state index contributed by atoms with van der Waals surface area (Å²) in [7, 11) is -1.76. The van der Waals surface area contributed by atoms with Gasteiger partial charge in [0.15, 0.2) is 5.76 Å². The van der Waals surface area contributed by atoms with Crippen molar-refractivity contribution in [2.75, 3.05) is 13.2 Å². The lowest BCUT2D eigenvalue weighted by atomic mass is 9.94. The molecule has 1 fully saturated rings. The van der Waals surface area contributed by atoms with Crippen LogP contribution in [0.4, 0.5) is 0 Å². The molecule has 3 heterocycles. The van der Waals surface area contributed by atoms with E-state index in [2.05, 4.69) is 14.9 Å². The third-order valence-electron chi connectivity index (χ3n) is 4.33. The van der Waals surface area contributed by atoms with Crippen molar-refractivity contribution < 1.29 is 17.7 Å². The number of ether oxygens (including phenoxy) is 1. The summed E-state index contributed by atoms with van der Waals surface area (Å²) in [5.74, 6) is 1.13. The Morgan fingerprint density at radius 1 is 1.42 bits per heavy atom. The smallest absolute Gasteiger partial charge is 0.245 e. The summed E-state index contributed by atoms with van der Waals surface area (Å²) in [5.41, 5.74) is 0.362. The Bertz CT molecular complexity index is 792. The van der Waals surface area contributed by atoms with E-state index in [4.69, 9.17) is 9.26 Å². The molecule has 0 bridgehead atoms. The quantitative estimate of drug-likeness (QED) is 0.873. The minimum absolute atomic E-state index is 0.0232. The van der Waals surface area contributed by atoms with E-state index in [-0.39, 0.29) is 23.5 Å². The number of rotatable bonds is 5. The van der Waals surface area contributed by atoms with Gasteiger partial charge < -0.3 is 13.8 Å². The van der Waals surface area contributed by atoms with Crippen molar-refractivity contribution in [1.82, 2.24) is 19.4 Å². The molecule has 0 radical (unpaired) electrons. The molecule has 132 valence electrons. The SMILES string of the molecule is Cc1noc(C)c1S(=O)(=O)NC[C@@H]1CCCO[C@H]1c1nccn1C. The van der Waals surface area contributed by atoms with Gasteiger partial charge in [0, 0.05) is 38.5 Å². The second-order valence-corrected chi connectivity index (χ2v) is 7.80. The minimum atomic E-state index is -3.67. The van der Waals surface area contributed by atoms with Crippen LogP contribution in [-0.2, 0) is 21.8 Å². The third kappa shape index (κ3) is 3.24. The van der Waals surface area contributed by atoms with Gasteiger partial charge in [0.25, 0.3) is 0 Å². The lowest BCUT2D eigenvalue weighted by Gasteiger charge is -2.31. The number of hydrogen-bond donors (Lipinski definition) is 1. The van der Waals surface area contributed by atoms with Crippen molar-refractivity contribution in [3.63, 3.8) is 0 Å². The zero-order chi connectivity index (χ0) is 17.3. The van der Waals surface area contributed by atoms with E-state index >= 15 is 0 Å². The maximum absolute atomic E-state index is 12.6. The monoisotopic (exact) mass is 354 g/mol. The number of hydrogen-bond acceptors (Lipinski definition) is 6. The van der Waals surface area contributed by atoms with E-state index in [1.54, 1.807) is 20.0 Å². The van der Waals surface area contributed by atoms with Crippen molar-refractivity contribution in [2.24, 2.45) is 13.0 Å². The molecular formula is C15H22N4O4S. The van der Waals surface area contributed by atoms with Crippen LogP contribution in [0.5, 0.6) is 0 Å². The fourth-order valence-electron chi connectivity index (χ4n) is 3.14. The molecule has 8 nitrogen and oxygen atoms in total. The molecule has 2 aromatic rings. The van der Waals surface area contributed by atoms with Crippen LogP contribution in [0.1, 0.15) is 36.2 Å². The van der Waals surface area contributed by atoms with Gasteiger partial charge in [-0.25, -0.2) is 18.1 Å². The van der Waals surface area contributed by atoms with E-state index in [1.165, 1.54) is 0 Å². The summed E-state index contributed by atoms with van der Waals surface area (Å²) in [4.78, 5) is 4.47. The van der Waals surface area contributed by atoms with Crippen LogP contribution in [0, 0.1) is 19.8 Å². The van der Waals surface area contributed by atoms with Gasteiger partial charge in [-0.15, -0.1) is 0 Å². The summed E-state index contributed by atoms with van der Waals surface area (Å²) in [6.45, 7) is 4.15. The molecule has 0 amide bonds. The van der Waals surface area contributed by atoms with Crippen molar-refractivity contribution in [2.45, 2.75) is 37.7 Å². The first-order valence-corrected chi connectivity index (χ1v) is 9.40. The topological polar surface area (TPSA) is 99.2 Å².